The van der Waals surface area contributed by atoms with Crippen molar-refractivity contribution in [1.82, 2.24) is 4.98 Å². The largest absolute Gasteiger partial charge is 0.351 e. The third kappa shape index (κ3) is 3.73. The second-order valence-corrected chi connectivity index (χ2v) is 9.63. The summed E-state index contributed by atoms with van der Waals surface area (Å²) in [5.74, 6) is 1.20. The van der Waals surface area contributed by atoms with Gasteiger partial charge in [-0.25, -0.2) is 4.98 Å². The Bertz CT molecular complexity index is 1010. The maximum Gasteiger partial charge on any atom is 0.129 e. The van der Waals surface area contributed by atoms with E-state index in [2.05, 4.69) is 36.1 Å². The number of anilines is 1. The van der Waals surface area contributed by atoms with Crippen molar-refractivity contribution in [3.8, 4) is 0 Å². The van der Waals surface area contributed by atoms with E-state index >= 15 is 0 Å². The van der Waals surface area contributed by atoms with Crippen molar-refractivity contribution in [2.24, 2.45) is 5.73 Å². The molecule has 6 heteroatoms. The molecule has 2 heterocycles. The number of pyridine rings is 1. The van der Waals surface area contributed by atoms with E-state index in [1.165, 1.54) is 16.5 Å². The third-order valence-electron chi connectivity index (χ3n) is 5.34. The van der Waals surface area contributed by atoms with Crippen LogP contribution in [-0.2, 0) is 13.0 Å². The SMILES string of the molecule is Cc1ccc2nc(N3CCS(O)(O)c4ccccc4C3)cc(CCCN)c2c1. The van der Waals surface area contributed by atoms with Crippen molar-refractivity contribution < 1.29 is 9.11 Å². The van der Waals surface area contributed by atoms with Gasteiger partial charge in [-0.05, 0) is 61.7 Å². The lowest BCUT2D eigenvalue weighted by Gasteiger charge is -2.32. The zero-order valence-corrected chi connectivity index (χ0v) is 17.0. The molecule has 3 aromatic rings. The van der Waals surface area contributed by atoms with Gasteiger partial charge >= 0.3 is 0 Å². The van der Waals surface area contributed by atoms with Crippen LogP contribution in [0.1, 0.15) is 23.1 Å². The third-order valence-corrected chi connectivity index (χ3v) is 7.20. The molecule has 0 atom stereocenters. The molecule has 28 heavy (non-hydrogen) atoms. The first-order valence-corrected chi connectivity index (χ1v) is 11.4. The summed E-state index contributed by atoms with van der Waals surface area (Å²) in [5.41, 5.74) is 10.1. The lowest BCUT2D eigenvalue weighted by Crippen LogP contribution is -2.26. The number of nitrogens with zero attached hydrogens (tertiary/aromatic N) is 2. The van der Waals surface area contributed by atoms with Crippen LogP contribution in [0.3, 0.4) is 0 Å². The highest BCUT2D eigenvalue weighted by Gasteiger charge is 2.26. The quantitative estimate of drug-likeness (QED) is 0.601. The van der Waals surface area contributed by atoms with E-state index < -0.39 is 10.6 Å². The van der Waals surface area contributed by atoms with E-state index in [-0.39, 0.29) is 0 Å². The van der Waals surface area contributed by atoms with Gasteiger partial charge < -0.3 is 10.6 Å². The van der Waals surface area contributed by atoms with Gasteiger partial charge in [-0.2, -0.15) is 10.6 Å². The van der Waals surface area contributed by atoms with Gasteiger partial charge in [0, 0.05) is 18.5 Å². The van der Waals surface area contributed by atoms with Gasteiger partial charge in [-0.1, -0.05) is 29.8 Å². The van der Waals surface area contributed by atoms with E-state index in [0.29, 0.717) is 30.3 Å². The summed E-state index contributed by atoms with van der Waals surface area (Å²) in [7, 11) is -2.78. The molecule has 5 nitrogen and oxygen atoms in total. The normalized spacial score (nSPS) is 17.2. The molecule has 0 spiro atoms. The average Bonchev–Trinajstić information content (AvgIpc) is 2.82. The Morgan fingerprint density at radius 2 is 1.96 bits per heavy atom. The molecule has 2 aromatic carbocycles. The number of nitrogens with two attached hydrogens (primary N) is 1. The number of hydrogen-bond acceptors (Lipinski definition) is 5. The second-order valence-electron chi connectivity index (χ2n) is 7.45. The van der Waals surface area contributed by atoms with Gasteiger partial charge in [-0.3, -0.25) is 9.11 Å². The number of aromatic nitrogens is 1. The fraction of sp³-hybridized carbons (Fsp3) is 0.318. The first-order valence-electron chi connectivity index (χ1n) is 9.67. The molecule has 1 aliphatic rings. The fourth-order valence-corrected chi connectivity index (χ4v) is 5.38. The van der Waals surface area contributed by atoms with Crippen molar-refractivity contribution in [2.45, 2.75) is 31.2 Å². The smallest absolute Gasteiger partial charge is 0.129 e. The van der Waals surface area contributed by atoms with E-state index in [1.807, 2.05) is 24.3 Å². The summed E-state index contributed by atoms with van der Waals surface area (Å²) in [5, 5.41) is 1.18. The van der Waals surface area contributed by atoms with Crippen LogP contribution in [-0.4, -0.2) is 32.9 Å². The number of rotatable bonds is 4. The van der Waals surface area contributed by atoms with Crippen LogP contribution in [0.15, 0.2) is 53.4 Å². The van der Waals surface area contributed by atoms with Crippen molar-refractivity contribution in [3.63, 3.8) is 0 Å². The molecule has 1 aliphatic heterocycles. The van der Waals surface area contributed by atoms with Crippen molar-refractivity contribution >= 4 is 27.3 Å². The molecule has 0 saturated heterocycles. The van der Waals surface area contributed by atoms with E-state index in [1.54, 1.807) is 0 Å². The minimum Gasteiger partial charge on any atom is -0.351 e. The Kier molecular flexibility index (Phi) is 5.29. The molecular weight excluding hydrogens is 370 g/mol. The predicted molar refractivity (Wildman–Crippen MR) is 117 cm³/mol. The van der Waals surface area contributed by atoms with Crippen LogP contribution < -0.4 is 10.6 Å². The van der Waals surface area contributed by atoms with E-state index in [4.69, 9.17) is 10.7 Å². The Hall–Kier alpha value is -2.12. The monoisotopic (exact) mass is 397 g/mol. The summed E-state index contributed by atoms with van der Waals surface area (Å²) in [6.07, 6.45) is 1.83. The minimum atomic E-state index is -2.78. The molecule has 0 radical (unpaired) electrons. The Morgan fingerprint density at radius 1 is 1.14 bits per heavy atom. The van der Waals surface area contributed by atoms with Gasteiger partial charge in [0.2, 0.25) is 0 Å². The summed E-state index contributed by atoms with van der Waals surface area (Å²) in [4.78, 5) is 7.73. The van der Waals surface area contributed by atoms with Gasteiger partial charge in [0.15, 0.2) is 0 Å². The Morgan fingerprint density at radius 3 is 2.79 bits per heavy atom. The highest BCUT2D eigenvalue weighted by Crippen LogP contribution is 2.51. The van der Waals surface area contributed by atoms with Gasteiger partial charge in [0.05, 0.1) is 16.2 Å². The molecule has 0 bridgehead atoms. The molecule has 4 N–H and O–H groups in total. The lowest BCUT2D eigenvalue weighted by molar-refractivity contribution is 0.488. The zero-order chi connectivity index (χ0) is 19.7. The fourth-order valence-electron chi connectivity index (χ4n) is 3.84. The van der Waals surface area contributed by atoms with Gasteiger partial charge in [0.25, 0.3) is 0 Å². The molecule has 4 rings (SSSR count). The maximum absolute atomic E-state index is 10.6. The number of benzene rings is 2. The number of fused-ring (bicyclic) bond motifs is 2. The molecule has 0 amide bonds. The van der Waals surface area contributed by atoms with E-state index in [9.17, 15) is 9.11 Å². The minimum absolute atomic E-state index is 0.315. The maximum atomic E-state index is 10.6. The Balaban J connectivity index is 1.77. The van der Waals surface area contributed by atoms with Crippen LogP contribution in [0.4, 0.5) is 5.82 Å². The summed E-state index contributed by atoms with van der Waals surface area (Å²) in [6.45, 7) is 3.92. The molecule has 0 saturated carbocycles. The van der Waals surface area contributed by atoms with Crippen molar-refractivity contribution in [1.29, 1.82) is 0 Å². The summed E-state index contributed by atoms with van der Waals surface area (Å²) < 4.78 is 21.2. The van der Waals surface area contributed by atoms with Gasteiger partial charge in [-0.15, -0.1) is 0 Å². The van der Waals surface area contributed by atoms with Gasteiger partial charge in [0.1, 0.15) is 5.82 Å². The van der Waals surface area contributed by atoms with Crippen LogP contribution in [0.25, 0.3) is 10.9 Å². The highest BCUT2D eigenvalue weighted by atomic mass is 32.3. The first kappa shape index (κ1) is 19.2. The highest BCUT2D eigenvalue weighted by molar-refractivity contribution is 8.24. The van der Waals surface area contributed by atoms with Crippen molar-refractivity contribution in [3.05, 3.63) is 65.2 Å². The standard InChI is InChI=1S/C22H27N3O2S/c1-16-8-9-20-19(13-16)17(6-4-10-23)14-22(24-20)25-11-12-28(26,27)21-7-3-2-5-18(21)15-25/h2-3,5,7-9,13-14,26-27H,4,6,10-12,15,23H2,1H3. The lowest BCUT2D eigenvalue weighted by atomic mass is 10.0. The van der Waals surface area contributed by atoms with Crippen LogP contribution in [0.2, 0.25) is 0 Å². The van der Waals surface area contributed by atoms with Crippen LogP contribution in [0, 0.1) is 6.92 Å². The Labute approximate surface area is 167 Å². The number of aryl methyl sites for hydroxylation is 2. The zero-order valence-electron chi connectivity index (χ0n) is 16.1. The first-order chi connectivity index (χ1) is 13.5. The summed E-state index contributed by atoms with van der Waals surface area (Å²) in [6, 6.07) is 16.1. The topological polar surface area (TPSA) is 82.6 Å². The molecular formula is C22H27N3O2S. The molecule has 1 aromatic heterocycles. The predicted octanol–water partition coefficient (Wildman–Crippen LogP) is 4.56. The van der Waals surface area contributed by atoms with Crippen molar-refractivity contribution in [2.75, 3.05) is 23.7 Å². The number of hydrogen-bond donors (Lipinski definition) is 3. The molecule has 0 aliphatic carbocycles. The van der Waals surface area contributed by atoms with Crippen LogP contribution in [0.5, 0.6) is 0 Å². The molecule has 0 unspecified atom stereocenters. The summed E-state index contributed by atoms with van der Waals surface area (Å²) >= 11 is 0. The van der Waals surface area contributed by atoms with E-state index in [0.717, 1.165) is 29.7 Å². The van der Waals surface area contributed by atoms with Crippen LogP contribution >= 0.6 is 10.6 Å². The average molecular weight is 398 g/mol. The second kappa shape index (κ2) is 7.72. The molecule has 0 fully saturated rings. The molecule has 148 valence electrons.